The number of hydrogen-bond donors (Lipinski definition) is 0. The normalized spacial score (nSPS) is 15.9. The van der Waals surface area contributed by atoms with Gasteiger partial charge in [0.2, 0.25) is 0 Å². The Morgan fingerprint density at radius 2 is 1.35 bits per heavy atom. The molecule has 2 heterocycles. The van der Waals surface area contributed by atoms with Crippen molar-refractivity contribution in [3.8, 4) is 23.0 Å². The number of fused-ring (bicyclic) bond motifs is 4. The Hall–Kier alpha value is -5.37. The molecule has 49 heavy (non-hydrogen) atoms. The number of aliphatic imine (C=N–C) groups is 1. The summed E-state index contributed by atoms with van der Waals surface area (Å²) in [6, 6.07) is 25.1. The highest BCUT2D eigenvalue weighted by atomic mass is 16.5. The number of carbonyl (C=O) groups is 2. The Bertz CT molecular complexity index is 1890. The number of amides is 1. The van der Waals surface area contributed by atoms with Crippen LogP contribution >= 0.6 is 0 Å². The summed E-state index contributed by atoms with van der Waals surface area (Å²) in [6.45, 7) is 1.85. The van der Waals surface area contributed by atoms with Crippen LogP contribution in [0.25, 0.3) is 11.6 Å². The minimum Gasteiger partial charge on any atom is -0.493 e. The second kappa shape index (κ2) is 14.4. The molecule has 3 aliphatic rings. The highest BCUT2D eigenvalue weighted by Crippen LogP contribution is 2.40. The molecule has 250 valence electrons. The Balaban J connectivity index is 0.939. The second-order valence-corrected chi connectivity index (χ2v) is 12.5. The van der Waals surface area contributed by atoms with Gasteiger partial charge in [-0.05, 0) is 85.1 Å². The maximum Gasteiger partial charge on any atom is 0.256 e. The molecule has 1 atom stereocenters. The van der Waals surface area contributed by atoms with Crippen LogP contribution in [0, 0.1) is 0 Å². The molecule has 0 saturated carbocycles. The first-order chi connectivity index (χ1) is 24.1. The first kappa shape index (κ1) is 32.2. The van der Waals surface area contributed by atoms with Gasteiger partial charge in [-0.25, -0.2) is 0 Å². The lowest BCUT2D eigenvalue weighted by Gasteiger charge is -2.21. The molecule has 0 aromatic heterocycles. The molecule has 1 fully saturated rings. The predicted molar refractivity (Wildman–Crippen MR) is 191 cm³/mol. The summed E-state index contributed by atoms with van der Waals surface area (Å²) < 4.78 is 23.5. The molecule has 0 unspecified atom stereocenters. The molecule has 8 nitrogen and oxygen atoms in total. The predicted octanol–water partition coefficient (Wildman–Crippen LogP) is 8.18. The van der Waals surface area contributed by atoms with Crippen LogP contribution in [0.2, 0.25) is 0 Å². The number of ether oxygens (including phenoxy) is 4. The Morgan fingerprint density at radius 3 is 2.00 bits per heavy atom. The standard InChI is InChI=1S/C41H40N2O6/c1-46-36-18-17-27(22-33-29-13-5-7-15-31(29)40(44)32-16-8-6-14-30(32)33)23-38(36)48-20-9-3-4-10-21-49-39-25-35-34(24-37(39)47-2)41(45)43-19-11-12-28(43)26-42-35/h5-8,13-18,22-26,28H,3-4,9-12,19-21H2,1-2H3/t28-/m0/s1. The summed E-state index contributed by atoms with van der Waals surface area (Å²) in [5.74, 6) is 2.56. The second-order valence-electron chi connectivity index (χ2n) is 12.5. The summed E-state index contributed by atoms with van der Waals surface area (Å²) in [7, 11) is 3.24. The summed E-state index contributed by atoms with van der Waals surface area (Å²) >= 11 is 0. The van der Waals surface area contributed by atoms with Crippen molar-refractivity contribution in [2.45, 2.75) is 44.6 Å². The van der Waals surface area contributed by atoms with E-state index >= 15 is 0 Å². The highest BCUT2D eigenvalue weighted by molar-refractivity contribution is 6.20. The van der Waals surface area contributed by atoms with Crippen molar-refractivity contribution in [2.75, 3.05) is 34.0 Å². The molecule has 1 saturated heterocycles. The molecular weight excluding hydrogens is 616 g/mol. The topological polar surface area (TPSA) is 86.7 Å². The third-order valence-electron chi connectivity index (χ3n) is 9.43. The molecule has 4 aromatic rings. The summed E-state index contributed by atoms with van der Waals surface area (Å²) in [4.78, 5) is 32.8. The van der Waals surface area contributed by atoms with Crippen LogP contribution in [0.1, 0.15) is 81.5 Å². The van der Waals surface area contributed by atoms with Gasteiger partial charge in [0.15, 0.2) is 28.8 Å². The van der Waals surface area contributed by atoms with E-state index < -0.39 is 0 Å². The maximum atomic E-state index is 13.2. The van der Waals surface area contributed by atoms with Crippen LogP contribution in [-0.2, 0) is 0 Å². The maximum absolute atomic E-state index is 13.2. The number of methoxy groups -OCH3 is 2. The zero-order valence-electron chi connectivity index (χ0n) is 27.9. The van der Waals surface area contributed by atoms with Gasteiger partial charge < -0.3 is 23.8 Å². The Kier molecular flexibility index (Phi) is 9.46. The largest absolute Gasteiger partial charge is 0.493 e. The van der Waals surface area contributed by atoms with Gasteiger partial charge >= 0.3 is 0 Å². The van der Waals surface area contributed by atoms with Crippen molar-refractivity contribution in [3.05, 3.63) is 112 Å². The highest BCUT2D eigenvalue weighted by Gasteiger charge is 2.32. The van der Waals surface area contributed by atoms with Gasteiger partial charge in [-0.3, -0.25) is 14.6 Å². The van der Waals surface area contributed by atoms with Gasteiger partial charge in [0.05, 0.1) is 44.7 Å². The first-order valence-electron chi connectivity index (χ1n) is 17.0. The van der Waals surface area contributed by atoms with Crippen molar-refractivity contribution in [1.29, 1.82) is 0 Å². The first-order valence-corrected chi connectivity index (χ1v) is 17.0. The number of benzene rings is 4. The minimum atomic E-state index is 0.00176. The third-order valence-corrected chi connectivity index (χ3v) is 9.43. The van der Waals surface area contributed by atoms with E-state index in [9.17, 15) is 9.59 Å². The van der Waals surface area contributed by atoms with Gasteiger partial charge in [0.1, 0.15) is 0 Å². The van der Waals surface area contributed by atoms with Crippen molar-refractivity contribution >= 4 is 35.2 Å². The van der Waals surface area contributed by atoms with Crippen molar-refractivity contribution in [1.82, 2.24) is 4.90 Å². The number of nitrogens with zero attached hydrogens (tertiary/aromatic N) is 2. The van der Waals surface area contributed by atoms with Crippen LogP contribution in [0.4, 0.5) is 5.69 Å². The fourth-order valence-corrected chi connectivity index (χ4v) is 6.88. The van der Waals surface area contributed by atoms with Crippen LogP contribution in [0.3, 0.4) is 0 Å². The molecule has 0 N–H and O–H groups in total. The zero-order chi connectivity index (χ0) is 33.7. The van der Waals surface area contributed by atoms with Crippen molar-refractivity contribution in [2.24, 2.45) is 4.99 Å². The average Bonchev–Trinajstić information content (AvgIpc) is 3.57. The smallest absolute Gasteiger partial charge is 0.256 e. The molecule has 4 aromatic carbocycles. The van der Waals surface area contributed by atoms with E-state index in [1.54, 1.807) is 20.3 Å². The van der Waals surface area contributed by atoms with Gasteiger partial charge in [-0.2, -0.15) is 0 Å². The lowest BCUT2D eigenvalue weighted by molar-refractivity contribution is 0.0774. The number of ketones is 1. The Morgan fingerprint density at radius 1 is 0.714 bits per heavy atom. The molecule has 1 amide bonds. The van der Waals surface area contributed by atoms with Gasteiger partial charge in [0, 0.05) is 30.0 Å². The number of unbranched alkanes of at least 4 members (excludes halogenated alkanes) is 3. The molecule has 7 rings (SSSR count). The SMILES string of the molecule is COc1ccc(C=C2c3ccccc3C(=O)c3ccccc32)cc1OCCCCCCOc1cc2c(cc1OC)C(=O)N1CCC[C@H]1C=N2. The van der Waals surface area contributed by atoms with Gasteiger partial charge in [-0.1, -0.05) is 54.6 Å². The molecule has 0 bridgehead atoms. The monoisotopic (exact) mass is 656 g/mol. The molecule has 1 aliphatic carbocycles. The fourth-order valence-electron chi connectivity index (χ4n) is 6.88. The summed E-state index contributed by atoms with van der Waals surface area (Å²) in [5, 5.41) is 0. The summed E-state index contributed by atoms with van der Waals surface area (Å²) in [6.07, 6.45) is 9.66. The van der Waals surface area contributed by atoms with Gasteiger partial charge in [-0.15, -0.1) is 0 Å². The van der Waals surface area contributed by atoms with Crippen LogP contribution < -0.4 is 18.9 Å². The third kappa shape index (κ3) is 6.55. The molecule has 2 aliphatic heterocycles. The molecule has 8 heteroatoms. The molecule has 0 radical (unpaired) electrons. The van der Waals surface area contributed by atoms with E-state index in [2.05, 4.69) is 11.1 Å². The zero-order valence-corrected chi connectivity index (χ0v) is 27.9. The number of hydrogen-bond acceptors (Lipinski definition) is 7. The lowest BCUT2D eigenvalue weighted by Crippen LogP contribution is -2.35. The summed E-state index contributed by atoms with van der Waals surface area (Å²) in [5.41, 5.74) is 6.45. The minimum absolute atomic E-state index is 0.00176. The fraction of sp³-hybridized carbons (Fsp3) is 0.293. The van der Waals surface area contributed by atoms with Crippen LogP contribution in [0.15, 0.2) is 83.9 Å². The number of rotatable bonds is 12. The van der Waals surface area contributed by atoms with E-state index in [0.29, 0.717) is 58.6 Å². The van der Waals surface area contributed by atoms with Crippen molar-refractivity contribution < 1.29 is 28.5 Å². The van der Waals surface area contributed by atoms with Crippen LogP contribution in [-0.4, -0.2) is 62.8 Å². The Labute approximate surface area is 287 Å². The van der Waals surface area contributed by atoms with E-state index in [-0.39, 0.29) is 17.7 Å². The molecule has 0 spiro atoms. The van der Waals surface area contributed by atoms with E-state index in [1.807, 2.05) is 83.9 Å². The van der Waals surface area contributed by atoms with Crippen LogP contribution in [0.5, 0.6) is 23.0 Å². The number of carbonyl (C=O) groups excluding carboxylic acids is 2. The lowest BCUT2D eigenvalue weighted by atomic mass is 9.81. The quantitative estimate of drug-likeness (QED) is 0.126. The van der Waals surface area contributed by atoms with Gasteiger partial charge in [0.25, 0.3) is 5.91 Å². The molecular formula is C41H40N2O6. The van der Waals surface area contributed by atoms with E-state index in [0.717, 1.165) is 67.3 Å². The van der Waals surface area contributed by atoms with E-state index in [1.165, 1.54) is 0 Å². The van der Waals surface area contributed by atoms with Crippen molar-refractivity contribution in [3.63, 3.8) is 0 Å². The van der Waals surface area contributed by atoms with E-state index in [4.69, 9.17) is 18.9 Å². The average molecular weight is 657 g/mol.